The Morgan fingerprint density at radius 2 is 1.90 bits per heavy atom. The van der Waals surface area contributed by atoms with Crippen LogP contribution in [0.3, 0.4) is 0 Å². The molecule has 0 aliphatic carbocycles. The molecule has 0 radical (unpaired) electrons. The number of hydrogen-bond donors (Lipinski definition) is 2. The number of benzene rings is 2. The maximum Gasteiger partial charge on any atom is 0.240 e. The van der Waals surface area contributed by atoms with Gasteiger partial charge in [0, 0.05) is 12.6 Å². The van der Waals surface area contributed by atoms with Crippen molar-refractivity contribution in [2.24, 2.45) is 5.92 Å². The lowest BCUT2D eigenvalue weighted by Crippen LogP contribution is -2.50. The Bertz CT molecular complexity index is 949. The van der Waals surface area contributed by atoms with Crippen molar-refractivity contribution in [3.05, 3.63) is 60.4 Å². The molecule has 1 amide bonds. The van der Waals surface area contributed by atoms with Crippen LogP contribution in [0.1, 0.15) is 19.2 Å². The third kappa shape index (κ3) is 5.65. The fourth-order valence-corrected chi connectivity index (χ4v) is 3.66. The van der Waals surface area contributed by atoms with E-state index in [0.717, 1.165) is 42.1 Å². The number of hydrogen-bond acceptors (Lipinski definition) is 4. The highest BCUT2D eigenvalue weighted by atomic mass is 35.5. The van der Waals surface area contributed by atoms with E-state index in [2.05, 4.69) is 22.5 Å². The summed E-state index contributed by atoms with van der Waals surface area (Å²) in [4.78, 5) is 17.5. The van der Waals surface area contributed by atoms with Crippen LogP contribution in [0.25, 0.3) is 11.0 Å². The van der Waals surface area contributed by atoms with E-state index >= 15 is 0 Å². The summed E-state index contributed by atoms with van der Waals surface area (Å²) in [6.07, 6.45) is 1.08. The first-order valence-electron chi connectivity index (χ1n) is 9.83. The molecule has 2 aromatic carbocycles. The first-order valence-corrected chi connectivity index (χ1v) is 9.83. The van der Waals surface area contributed by atoms with E-state index in [1.807, 2.05) is 59.2 Å². The summed E-state index contributed by atoms with van der Waals surface area (Å²) >= 11 is 0. The van der Waals surface area contributed by atoms with Gasteiger partial charge >= 0.3 is 0 Å². The van der Waals surface area contributed by atoms with Crippen molar-refractivity contribution >= 4 is 41.8 Å². The zero-order chi connectivity index (χ0) is 19.3. The number of imidazole rings is 1. The normalized spacial score (nSPS) is 18.2. The quantitative estimate of drug-likeness (QED) is 0.602. The number of aromatic nitrogens is 2. The maximum absolute atomic E-state index is 12.8. The lowest BCUT2D eigenvalue weighted by atomic mass is 9.95. The molecule has 1 fully saturated rings. The molecule has 6 nitrogen and oxygen atoms in total. The van der Waals surface area contributed by atoms with E-state index < -0.39 is 0 Å². The smallest absolute Gasteiger partial charge is 0.240 e. The van der Waals surface area contributed by atoms with Gasteiger partial charge in [0.15, 0.2) is 0 Å². The van der Waals surface area contributed by atoms with Gasteiger partial charge in [-0.1, -0.05) is 37.3 Å². The summed E-state index contributed by atoms with van der Waals surface area (Å²) in [5, 5.41) is 6.54. The number of ether oxygens (including phenoxy) is 1. The van der Waals surface area contributed by atoms with Gasteiger partial charge in [0.25, 0.3) is 0 Å². The van der Waals surface area contributed by atoms with Crippen LogP contribution in [0.2, 0.25) is 0 Å². The number of nitrogens with zero attached hydrogens (tertiary/aromatic N) is 2. The topological polar surface area (TPSA) is 68.2 Å². The molecule has 8 heteroatoms. The average molecular weight is 451 g/mol. The molecule has 1 aliphatic heterocycles. The van der Waals surface area contributed by atoms with Gasteiger partial charge in [0.05, 0.1) is 11.0 Å². The van der Waals surface area contributed by atoms with Crippen LogP contribution >= 0.6 is 24.8 Å². The minimum Gasteiger partial charge on any atom is -0.486 e. The van der Waals surface area contributed by atoms with Gasteiger partial charge in [-0.3, -0.25) is 4.79 Å². The number of carbonyl (C=O) groups is 1. The second kappa shape index (κ2) is 11.2. The lowest BCUT2D eigenvalue weighted by molar-refractivity contribution is -0.122. The van der Waals surface area contributed by atoms with Crippen LogP contribution in [0, 0.1) is 5.92 Å². The number of piperidine rings is 1. The summed E-state index contributed by atoms with van der Waals surface area (Å²) in [5.74, 6) is 2.01. The van der Waals surface area contributed by atoms with Crippen molar-refractivity contribution in [3.8, 4) is 5.75 Å². The Morgan fingerprint density at radius 1 is 1.17 bits per heavy atom. The van der Waals surface area contributed by atoms with Crippen molar-refractivity contribution in [1.82, 2.24) is 20.2 Å². The van der Waals surface area contributed by atoms with E-state index in [9.17, 15) is 4.79 Å². The number of halogens is 2. The molecule has 0 spiro atoms. The van der Waals surface area contributed by atoms with Crippen molar-refractivity contribution in [2.75, 3.05) is 13.1 Å². The van der Waals surface area contributed by atoms with Crippen LogP contribution in [0.15, 0.2) is 54.6 Å². The predicted octanol–water partition coefficient (Wildman–Crippen LogP) is 3.57. The fourth-order valence-electron chi connectivity index (χ4n) is 3.66. The highest BCUT2D eigenvalue weighted by Gasteiger charge is 2.23. The Hall–Kier alpha value is -2.28. The minimum absolute atomic E-state index is 0. The molecule has 162 valence electrons. The molecule has 1 aromatic heterocycles. The van der Waals surface area contributed by atoms with E-state index in [1.165, 1.54) is 0 Å². The largest absolute Gasteiger partial charge is 0.486 e. The average Bonchev–Trinajstić information content (AvgIpc) is 3.06. The standard InChI is InChI=1S/C22H26N4O2.2ClH/c1-16-11-12-23-13-19(16)25-22(27)14-26-20-10-6-5-9-18(20)24-21(26)15-28-17-7-3-2-4-8-17;;/h2-10,16,19,23H,11-15H2,1H3,(H,25,27);2*1H. The van der Waals surface area contributed by atoms with Gasteiger partial charge < -0.3 is 19.9 Å². The van der Waals surface area contributed by atoms with Crippen LogP contribution in [0.4, 0.5) is 0 Å². The molecule has 1 aliphatic rings. The summed E-state index contributed by atoms with van der Waals surface area (Å²) in [7, 11) is 0. The SMILES string of the molecule is CC1CCNCC1NC(=O)Cn1c(COc2ccccc2)nc2ccccc21.Cl.Cl. The molecular weight excluding hydrogens is 423 g/mol. The summed E-state index contributed by atoms with van der Waals surface area (Å²) in [5.41, 5.74) is 1.81. The molecule has 30 heavy (non-hydrogen) atoms. The van der Waals surface area contributed by atoms with Crippen molar-refractivity contribution in [3.63, 3.8) is 0 Å². The minimum atomic E-state index is 0. The molecule has 4 rings (SSSR count). The third-order valence-electron chi connectivity index (χ3n) is 5.32. The van der Waals surface area contributed by atoms with Gasteiger partial charge in [-0.2, -0.15) is 0 Å². The highest BCUT2D eigenvalue weighted by Crippen LogP contribution is 2.19. The molecular formula is C22H28Cl2N4O2. The number of rotatable bonds is 6. The fraction of sp³-hybridized carbons (Fsp3) is 0.364. The van der Waals surface area contributed by atoms with Gasteiger partial charge in [0.1, 0.15) is 24.7 Å². The zero-order valence-electron chi connectivity index (χ0n) is 16.9. The second-order valence-corrected chi connectivity index (χ2v) is 7.35. The van der Waals surface area contributed by atoms with Crippen LogP contribution in [0.5, 0.6) is 5.75 Å². The van der Waals surface area contributed by atoms with E-state index in [1.54, 1.807) is 0 Å². The monoisotopic (exact) mass is 450 g/mol. The molecule has 0 saturated carbocycles. The van der Waals surface area contributed by atoms with E-state index in [4.69, 9.17) is 4.74 Å². The first-order chi connectivity index (χ1) is 13.7. The van der Waals surface area contributed by atoms with E-state index in [0.29, 0.717) is 12.5 Å². The molecule has 3 aromatic rings. The summed E-state index contributed by atoms with van der Waals surface area (Å²) < 4.78 is 7.84. The first kappa shape index (κ1) is 24.0. The Labute approximate surface area is 189 Å². The number of fused-ring (bicyclic) bond motifs is 1. The van der Waals surface area contributed by atoms with Crippen molar-refractivity contribution in [2.45, 2.75) is 32.5 Å². The molecule has 2 heterocycles. The van der Waals surface area contributed by atoms with Crippen LogP contribution in [-0.2, 0) is 17.9 Å². The number of amides is 1. The van der Waals surface area contributed by atoms with Gasteiger partial charge in [0.2, 0.25) is 5.91 Å². The van der Waals surface area contributed by atoms with Gasteiger partial charge in [-0.25, -0.2) is 4.98 Å². The van der Waals surface area contributed by atoms with Crippen LogP contribution in [-0.4, -0.2) is 34.6 Å². The van der Waals surface area contributed by atoms with Gasteiger partial charge in [-0.15, -0.1) is 24.8 Å². The Kier molecular flexibility index (Phi) is 8.96. The molecule has 0 bridgehead atoms. The number of carbonyl (C=O) groups excluding carboxylic acids is 1. The number of para-hydroxylation sites is 3. The van der Waals surface area contributed by atoms with Crippen LogP contribution < -0.4 is 15.4 Å². The maximum atomic E-state index is 12.8. The Balaban J connectivity index is 0.00000160. The lowest BCUT2D eigenvalue weighted by Gasteiger charge is -2.30. The predicted molar refractivity (Wildman–Crippen MR) is 124 cm³/mol. The van der Waals surface area contributed by atoms with E-state index in [-0.39, 0.29) is 43.3 Å². The number of nitrogens with one attached hydrogen (secondary N) is 2. The Morgan fingerprint density at radius 3 is 2.67 bits per heavy atom. The van der Waals surface area contributed by atoms with Crippen molar-refractivity contribution < 1.29 is 9.53 Å². The highest BCUT2D eigenvalue weighted by molar-refractivity contribution is 5.85. The second-order valence-electron chi connectivity index (χ2n) is 7.35. The molecule has 2 N–H and O–H groups in total. The zero-order valence-corrected chi connectivity index (χ0v) is 18.5. The summed E-state index contributed by atoms with van der Waals surface area (Å²) in [6.45, 7) is 4.57. The van der Waals surface area contributed by atoms with Gasteiger partial charge in [-0.05, 0) is 43.1 Å². The third-order valence-corrected chi connectivity index (χ3v) is 5.32. The summed E-state index contributed by atoms with van der Waals surface area (Å²) in [6, 6.07) is 17.7. The molecule has 1 saturated heterocycles. The van der Waals surface area contributed by atoms with Crippen molar-refractivity contribution in [1.29, 1.82) is 0 Å². The molecule has 2 atom stereocenters. The molecule has 2 unspecified atom stereocenters.